The fourth-order valence-corrected chi connectivity index (χ4v) is 2.32. The van der Waals surface area contributed by atoms with Crippen LogP contribution in [-0.4, -0.2) is 18.2 Å². The number of amides is 1. The van der Waals surface area contributed by atoms with Gasteiger partial charge >= 0.3 is 6.18 Å². The maximum absolute atomic E-state index is 12.7. The summed E-state index contributed by atoms with van der Waals surface area (Å²) < 4.78 is 38.2. The van der Waals surface area contributed by atoms with Crippen LogP contribution in [0.5, 0.6) is 0 Å². The van der Waals surface area contributed by atoms with Crippen molar-refractivity contribution in [3.63, 3.8) is 0 Å². The summed E-state index contributed by atoms with van der Waals surface area (Å²) in [6.07, 6.45) is -4.49. The SMILES string of the molecule is CC(=O)c1ccc(NCCC(=O)Nc2cc(C(F)(F)F)ccc2Cl)cc1. The molecule has 0 aliphatic rings. The Labute approximate surface area is 153 Å². The molecular weight excluding hydrogens is 369 g/mol. The van der Waals surface area contributed by atoms with E-state index in [9.17, 15) is 22.8 Å². The average Bonchev–Trinajstić information content (AvgIpc) is 2.56. The number of ketones is 1. The van der Waals surface area contributed by atoms with Gasteiger partial charge in [-0.2, -0.15) is 13.2 Å². The van der Waals surface area contributed by atoms with Crippen LogP contribution >= 0.6 is 11.6 Å². The third kappa shape index (κ3) is 5.49. The summed E-state index contributed by atoms with van der Waals surface area (Å²) in [7, 11) is 0. The summed E-state index contributed by atoms with van der Waals surface area (Å²) in [5.41, 5.74) is 0.325. The number of carbonyl (C=O) groups is 2. The number of rotatable bonds is 6. The highest BCUT2D eigenvalue weighted by Crippen LogP contribution is 2.33. The molecule has 138 valence electrons. The van der Waals surface area contributed by atoms with Gasteiger partial charge in [0, 0.05) is 24.2 Å². The van der Waals surface area contributed by atoms with Crippen molar-refractivity contribution in [3.05, 3.63) is 58.6 Å². The van der Waals surface area contributed by atoms with Gasteiger partial charge in [0.05, 0.1) is 16.3 Å². The maximum atomic E-state index is 12.7. The Morgan fingerprint density at radius 2 is 1.73 bits per heavy atom. The minimum absolute atomic E-state index is 0.0270. The van der Waals surface area contributed by atoms with Crippen LogP contribution in [0, 0.1) is 0 Å². The fourth-order valence-electron chi connectivity index (χ4n) is 2.15. The Hall–Kier alpha value is -2.54. The molecule has 0 radical (unpaired) electrons. The molecule has 0 saturated heterocycles. The zero-order valence-electron chi connectivity index (χ0n) is 13.8. The largest absolute Gasteiger partial charge is 0.416 e. The smallest absolute Gasteiger partial charge is 0.385 e. The van der Waals surface area contributed by atoms with E-state index in [4.69, 9.17) is 11.6 Å². The van der Waals surface area contributed by atoms with E-state index in [2.05, 4.69) is 10.6 Å². The minimum atomic E-state index is -4.52. The summed E-state index contributed by atoms with van der Waals surface area (Å²) in [5.74, 6) is -0.520. The van der Waals surface area contributed by atoms with Crippen LogP contribution < -0.4 is 10.6 Å². The average molecular weight is 385 g/mol. The van der Waals surface area contributed by atoms with Gasteiger partial charge in [-0.3, -0.25) is 9.59 Å². The highest BCUT2D eigenvalue weighted by Gasteiger charge is 2.31. The third-order valence-electron chi connectivity index (χ3n) is 3.54. The van der Waals surface area contributed by atoms with E-state index in [0.717, 1.165) is 23.9 Å². The van der Waals surface area contributed by atoms with Crippen LogP contribution in [0.15, 0.2) is 42.5 Å². The molecule has 2 N–H and O–H groups in total. The molecule has 0 saturated carbocycles. The van der Waals surface area contributed by atoms with Gasteiger partial charge in [0.1, 0.15) is 0 Å². The summed E-state index contributed by atoms with van der Waals surface area (Å²) in [6, 6.07) is 9.48. The van der Waals surface area contributed by atoms with Crippen LogP contribution in [0.3, 0.4) is 0 Å². The first-order valence-electron chi connectivity index (χ1n) is 7.68. The van der Waals surface area contributed by atoms with Gasteiger partial charge in [-0.05, 0) is 49.4 Å². The first-order chi connectivity index (χ1) is 12.2. The molecule has 2 aromatic carbocycles. The second-order valence-corrected chi connectivity index (χ2v) is 5.96. The molecule has 2 aromatic rings. The second-order valence-electron chi connectivity index (χ2n) is 5.55. The van der Waals surface area contributed by atoms with Gasteiger partial charge in [0.25, 0.3) is 0 Å². The molecule has 0 aliphatic carbocycles. The molecule has 4 nitrogen and oxygen atoms in total. The van der Waals surface area contributed by atoms with E-state index in [1.54, 1.807) is 24.3 Å². The monoisotopic (exact) mass is 384 g/mol. The first kappa shape index (κ1) is 19.8. The predicted octanol–water partition coefficient (Wildman–Crippen LogP) is 5.00. The quantitative estimate of drug-likeness (QED) is 0.689. The number of hydrogen-bond acceptors (Lipinski definition) is 3. The highest BCUT2D eigenvalue weighted by molar-refractivity contribution is 6.33. The molecule has 0 aliphatic heterocycles. The highest BCUT2D eigenvalue weighted by atomic mass is 35.5. The number of Topliss-reactive ketones (excluding diaryl/α,β-unsaturated/α-hetero) is 1. The summed E-state index contributed by atoms with van der Waals surface area (Å²) in [4.78, 5) is 23.1. The van der Waals surface area contributed by atoms with Crippen molar-refractivity contribution in [2.75, 3.05) is 17.2 Å². The topological polar surface area (TPSA) is 58.2 Å². The Bertz CT molecular complexity index is 805. The van der Waals surface area contributed by atoms with Gasteiger partial charge in [-0.15, -0.1) is 0 Å². The summed E-state index contributed by atoms with van der Waals surface area (Å²) in [6.45, 7) is 1.73. The Morgan fingerprint density at radius 1 is 1.08 bits per heavy atom. The lowest BCUT2D eigenvalue weighted by atomic mass is 10.1. The number of nitrogens with one attached hydrogen (secondary N) is 2. The Balaban J connectivity index is 1.90. The number of halogens is 4. The number of hydrogen-bond donors (Lipinski definition) is 2. The lowest BCUT2D eigenvalue weighted by Gasteiger charge is -2.12. The van der Waals surface area contributed by atoms with Crippen molar-refractivity contribution in [1.82, 2.24) is 0 Å². The van der Waals surface area contributed by atoms with Gasteiger partial charge in [-0.25, -0.2) is 0 Å². The first-order valence-corrected chi connectivity index (χ1v) is 8.06. The van der Waals surface area contributed by atoms with E-state index in [1.165, 1.54) is 6.92 Å². The van der Waals surface area contributed by atoms with Gasteiger partial charge in [0.2, 0.25) is 5.91 Å². The standard InChI is InChI=1S/C18H16ClF3N2O2/c1-11(25)12-2-5-14(6-3-12)23-9-8-17(26)24-16-10-13(18(20,21)22)4-7-15(16)19/h2-7,10,23H,8-9H2,1H3,(H,24,26). The Kier molecular flexibility index (Phi) is 6.26. The van der Waals surface area contributed by atoms with Crippen LogP contribution in [0.25, 0.3) is 0 Å². The van der Waals surface area contributed by atoms with Gasteiger partial charge in [-0.1, -0.05) is 11.6 Å². The number of benzene rings is 2. The van der Waals surface area contributed by atoms with Gasteiger partial charge in [0.15, 0.2) is 5.78 Å². The zero-order chi connectivity index (χ0) is 19.3. The van der Waals surface area contributed by atoms with Crippen LogP contribution in [-0.2, 0) is 11.0 Å². The van der Waals surface area contributed by atoms with E-state index < -0.39 is 17.6 Å². The molecule has 0 bridgehead atoms. The third-order valence-corrected chi connectivity index (χ3v) is 3.87. The predicted molar refractivity (Wildman–Crippen MR) is 94.6 cm³/mol. The minimum Gasteiger partial charge on any atom is -0.385 e. The molecule has 2 rings (SSSR count). The van der Waals surface area contributed by atoms with Crippen molar-refractivity contribution in [1.29, 1.82) is 0 Å². The Morgan fingerprint density at radius 3 is 2.31 bits per heavy atom. The van der Waals surface area contributed by atoms with Crippen LogP contribution in [0.2, 0.25) is 5.02 Å². The molecule has 1 amide bonds. The molecule has 0 unspecified atom stereocenters. The lowest BCUT2D eigenvalue weighted by molar-refractivity contribution is -0.137. The molecule has 0 aromatic heterocycles. The normalized spacial score (nSPS) is 11.1. The number of anilines is 2. The van der Waals surface area contributed by atoms with Crippen molar-refractivity contribution in [2.45, 2.75) is 19.5 Å². The maximum Gasteiger partial charge on any atom is 0.416 e. The second kappa shape index (κ2) is 8.23. The van der Waals surface area contributed by atoms with Crippen LogP contribution in [0.1, 0.15) is 29.3 Å². The molecule has 0 atom stereocenters. The van der Waals surface area contributed by atoms with Gasteiger partial charge < -0.3 is 10.6 Å². The molecule has 0 fully saturated rings. The van der Waals surface area contributed by atoms with E-state index in [1.807, 2.05) is 0 Å². The van der Waals surface area contributed by atoms with Crippen molar-refractivity contribution in [2.24, 2.45) is 0 Å². The van der Waals surface area contributed by atoms with Crippen molar-refractivity contribution >= 4 is 34.7 Å². The summed E-state index contributed by atoms with van der Waals surface area (Å²) in [5, 5.41) is 5.40. The van der Waals surface area contributed by atoms with Crippen molar-refractivity contribution in [3.8, 4) is 0 Å². The fraction of sp³-hybridized carbons (Fsp3) is 0.222. The van der Waals surface area contributed by atoms with E-state index >= 15 is 0 Å². The van der Waals surface area contributed by atoms with E-state index in [-0.39, 0.29) is 29.5 Å². The summed E-state index contributed by atoms with van der Waals surface area (Å²) >= 11 is 5.84. The van der Waals surface area contributed by atoms with Crippen molar-refractivity contribution < 1.29 is 22.8 Å². The van der Waals surface area contributed by atoms with Crippen LogP contribution in [0.4, 0.5) is 24.5 Å². The molecular formula is C18H16ClF3N2O2. The molecule has 0 heterocycles. The molecule has 26 heavy (non-hydrogen) atoms. The zero-order valence-corrected chi connectivity index (χ0v) is 14.5. The number of carbonyl (C=O) groups excluding carboxylic acids is 2. The molecule has 0 spiro atoms. The van der Waals surface area contributed by atoms with E-state index in [0.29, 0.717) is 5.56 Å². The lowest BCUT2D eigenvalue weighted by Crippen LogP contribution is -2.17. The molecule has 8 heteroatoms. The number of alkyl halides is 3.